The van der Waals surface area contributed by atoms with Crippen molar-refractivity contribution >= 4 is 17.7 Å². The molecule has 1 rings (SSSR count). The number of aryl methyl sites for hydroxylation is 1. The average molecular weight is 324 g/mol. The largest absolute Gasteiger partial charge is 0.383 e. The number of carbonyl (C=O) groups is 1. The highest BCUT2D eigenvalue weighted by molar-refractivity contribution is 7.99. The van der Waals surface area contributed by atoms with Gasteiger partial charge in [0.1, 0.15) is 0 Å². The van der Waals surface area contributed by atoms with Crippen molar-refractivity contribution in [2.75, 3.05) is 32.6 Å². The highest BCUT2D eigenvalue weighted by Crippen LogP contribution is 2.21. The van der Waals surface area contributed by atoms with Crippen molar-refractivity contribution in [1.29, 1.82) is 5.26 Å². The highest BCUT2D eigenvalue weighted by atomic mass is 32.2. The zero-order chi connectivity index (χ0) is 16.5. The number of rotatable bonds is 9. The number of imidazole rings is 1. The Morgan fingerprint density at radius 2 is 2.23 bits per heavy atom. The van der Waals surface area contributed by atoms with Crippen LogP contribution in [0.15, 0.2) is 5.16 Å². The van der Waals surface area contributed by atoms with Crippen LogP contribution >= 0.6 is 11.8 Å². The summed E-state index contributed by atoms with van der Waals surface area (Å²) in [6, 6.07) is 2.07. The van der Waals surface area contributed by atoms with Gasteiger partial charge in [-0.05, 0) is 20.8 Å². The molecule has 0 spiro atoms. The summed E-state index contributed by atoms with van der Waals surface area (Å²) in [7, 11) is 1.67. The number of hydrogen-bond acceptors (Lipinski definition) is 5. The second-order valence-corrected chi connectivity index (χ2v) is 5.82. The molecule has 0 bridgehead atoms. The summed E-state index contributed by atoms with van der Waals surface area (Å²) in [6.07, 6.45) is 0.366. The predicted molar refractivity (Wildman–Crippen MR) is 86.8 cm³/mol. The fourth-order valence-electron chi connectivity index (χ4n) is 2.04. The van der Waals surface area contributed by atoms with Crippen molar-refractivity contribution in [2.45, 2.75) is 38.9 Å². The third-order valence-corrected chi connectivity index (χ3v) is 4.46. The minimum Gasteiger partial charge on any atom is -0.383 e. The lowest BCUT2D eigenvalue weighted by molar-refractivity contribution is -0.128. The van der Waals surface area contributed by atoms with Gasteiger partial charge in [-0.25, -0.2) is 4.98 Å². The van der Waals surface area contributed by atoms with E-state index in [4.69, 9.17) is 10.00 Å². The summed E-state index contributed by atoms with van der Waals surface area (Å²) >= 11 is 1.44. The number of nitrogens with zero attached hydrogens (tertiary/aromatic N) is 4. The monoisotopic (exact) mass is 324 g/mol. The third-order valence-electron chi connectivity index (χ3n) is 3.49. The van der Waals surface area contributed by atoms with Gasteiger partial charge in [-0.3, -0.25) is 4.79 Å². The number of ether oxygens (including phenoxy) is 1. The highest BCUT2D eigenvalue weighted by Gasteiger charge is 2.16. The Bertz CT molecular complexity index is 536. The normalized spacial score (nSPS) is 10.5. The SMILES string of the molecule is CCN(CCC#N)C(=O)CSc1nc(C)c(C)n1CCOC. The molecule has 7 heteroatoms. The maximum atomic E-state index is 12.2. The Balaban J connectivity index is 2.69. The van der Waals surface area contributed by atoms with Crippen LogP contribution in [0.2, 0.25) is 0 Å². The van der Waals surface area contributed by atoms with E-state index in [1.165, 1.54) is 11.8 Å². The number of carbonyl (C=O) groups excluding carboxylic acids is 1. The summed E-state index contributed by atoms with van der Waals surface area (Å²) in [5, 5.41) is 9.48. The van der Waals surface area contributed by atoms with E-state index in [0.717, 1.165) is 23.1 Å². The van der Waals surface area contributed by atoms with Crippen LogP contribution in [0.4, 0.5) is 0 Å². The van der Waals surface area contributed by atoms with Crippen LogP contribution in [0.5, 0.6) is 0 Å². The van der Waals surface area contributed by atoms with Crippen molar-refractivity contribution in [3.63, 3.8) is 0 Å². The molecule has 0 aliphatic heterocycles. The molecule has 0 atom stereocenters. The van der Waals surface area contributed by atoms with E-state index < -0.39 is 0 Å². The number of amides is 1. The van der Waals surface area contributed by atoms with E-state index in [9.17, 15) is 4.79 Å². The maximum absolute atomic E-state index is 12.2. The van der Waals surface area contributed by atoms with Crippen LogP contribution in [-0.4, -0.2) is 52.9 Å². The Labute approximate surface area is 136 Å². The lowest BCUT2D eigenvalue weighted by Gasteiger charge is -2.19. The topological polar surface area (TPSA) is 71.2 Å². The van der Waals surface area contributed by atoms with E-state index >= 15 is 0 Å². The molecule has 0 radical (unpaired) electrons. The molecule has 0 aliphatic rings. The molecule has 0 unspecified atom stereocenters. The molecule has 0 fully saturated rings. The summed E-state index contributed by atoms with van der Waals surface area (Å²) in [5.41, 5.74) is 2.08. The number of methoxy groups -OCH3 is 1. The quantitative estimate of drug-likeness (QED) is 0.650. The van der Waals surface area contributed by atoms with Gasteiger partial charge in [0.05, 0.1) is 30.5 Å². The van der Waals surface area contributed by atoms with Gasteiger partial charge in [0.15, 0.2) is 5.16 Å². The number of aromatic nitrogens is 2. The second-order valence-electron chi connectivity index (χ2n) is 4.88. The fourth-order valence-corrected chi connectivity index (χ4v) is 3.06. The molecule has 0 aromatic carbocycles. The lowest BCUT2D eigenvalue weighted by Crippen LogP contribution is -2.33. The van der Waals surface area contributed by atoms with E-state index in [0.29, 0.717) is 31.9 Å². The first kappa shape index (κ1) is 18.5. The molecule has 0 saturated heterocycles. The Morgan fingerprint density at radius 3 is 2.82 bits per heavy atom. The van der Waals surface area contributed by atoms with Crippen molar-refractivity contribution in [2.24, 2.45) is 0 Å². The fraction of sp³-hybridized carbons (Fsp3) is 0.667. The third kappa shape index (κ3) is 5.04. The smallest absolute Gasteiger partial charge is 0.233 e. The molecule has 1 aromatic rings. The van der Waals surface area contributed by atoms with E-state index in [1.807, 2.05) is 20.8 Å². The zero-order valence-electron chi connectivity index (χ0n) is 13.8. The average Bonchev–Trinajstić information content (AvgIpc) is 2.78. The van der Waals surface area contributed by atoms with Gasteiger partial charge in [-0.15, -0.1) is 0 Å². The molecule has 1 heterocycles. The molecule has 0 N–H and O–H groups in total. The van der Waals surface area contributed by atoms with E-state index in [-0.39, 0.29) is 5.91 Å². The van der Waals surface area contributed by atoms with Gasteiger partial charge in [0.25, 0.3) is 0 Å². The van der Waals surface area contributed by atoms with Gasteiger partial charge in [-0.1, -0.05) is 11.8 Å². The van der Waals surface area contributed by atoms with Gasteiger partial charge in [0, 0.05) is 32.4 Å². The van der Waals surface area contributed by atoms with Crippen molar-refractivity contribution in [3.05, 3.63) is 11.4 Å². The minimum atomic E-state index is 0.0411. The molecule has 6 nitrogen and oxygen atoms in total. The molecule has 1 aromatic heterocycles. The molecular formula is C15H24N4O2S. The number of nitriles is 1. The van der Waals surface area contributed by atoms with Gasteiger partial charge in [-0.2, -0.15) is 5.26 Å². The van der Waals surface area contributed by atoms with Gasteiger partial charge >= 0.3 is 0 Å². The maximum Gasteiger partial charge on any atom is 0.233 e. The van der Waals surface area contributed by atoms with E-state index in [1.54, 1.807) is 12.0 Å². The Kier molecular flexibility index (Phi) is 7.99. The second kappa shape index (κ2) is 9.49. The number of hydrogen-bond donors (Lipinski definition) is 0. The van der Waals surface area contributed by atoms with Crippen molar-refractivity contribution in [1.82, 2.24) is 14.5 Å². The van der Waals surface area contributed by atoms with Crippen LogP contribution in [-0.2, 0) is 16.1 Å². The lowest BCUT2D eigenvalue weighted by atomic mass is 10.4. The molecule has 0 saturated carbocycles. The van der Waals surface area contributed by atoms with Gasteiger partial charge < -0.3 is 14.2 Å². The first-order chi connectivity index (χ1) is 10.5. The Hall–Kier alpha value is -1.52. The molecule has 22 heavy (non-hydrogen) atoms. The minimum absolute atomic E-state index is 0.0411. The molecule has 0 aliphatic carbocycles. The van der Waals surface area contributed by atoms with E-state index in [2.05, 4.69) is 15.6 Å². The summed E-state index contributed by atoms with van der Waals surface area (Å²) in [4.78, 5) is 18.4. The molecule has 1 amide bonds. The summed E-state index contributed by atoms with van der Waals surface area (Å²) < 4.78 is 7.21. The van der Waals surface area contributed by atoms with Crippen LogP contribution in [0.25, 0.3) is 0 Å². The summed E-state index contributed by atoms with van der Waals surface area (Å²) in [6.45, 7) is 8.37. The summed E-state index contributed by atoms with van der Waals surface area (Å²) in [5.74, 6) is 0.377. The standard InChI is InChI=1S/C15H24N4O2S/c1-5-18(8-6-7-16)14(20)11-22-15-17-12(2)13(3)19(15)9-10-21-4/h5-6,8-11H2,1-4H3. The molecule has 122 valence electrons. The van der Waals surface area contributed by atoms with Gasteiger partial charge in [0.2, 0.25) is 5.91 Å². The van der Waals surface area contributed by atoms with Crippen LogP contribution in [0.1, 0.15) is 24.7 Å². The van der Waals surface area contributed by atoms with Crippen LogP contribution in [0.3, 0.4) is 0 Å². The predicted octanol–water partition coefficient (Wildman–Crippen LogP) is 2.00. The van der Waals surface area contributed by atoms with Crippen molar-refractivity contribution in [3.8, 4) is 6.07 Å². The first-order valence-electron chi connectivity index (χ1n) is 7.35. The first-order valence-corrected chi connectivity index (χ1v) is 8.33. The molecular weight excluding hydrogens is 300 g/mol. The Morgan fingerprint density at radius 1 is 1.50 bits per heavy atom. The van der Waals surface area contributed by atoms with Crippen LogP contribution in [0, 0.1) is 25.2 Å². The van der Waals surface area contributed by atoms with Crippen LogP contribution < -0.4 is 0 Å². The number of thioether (sulfide) groups is 1. The zero-order valence-corrected chi connectivity index (χ0v) is 14.6. The van der Waals surface area contributed by atoms with Crippen molar-refractivity contribution < 1.29 is 9.53 Å².